The third kappa shape index (κ3) is 30.1. The fourth-order valence-electron chi connectivity index (χ4n) is 0.975. The maximum absolute atomic E-state index is 9.75. The number of aromatic nitrogens is 2. The van der Waals surface area contributed by atoms with Crippen LogP contribution >= 0.6 is 0 Å². The molecule has 0 N–H and O–H groups in total. The Balaban J connectivity index is -0.000000247. The van der Waals surface area contributed by atoms with Crippen LogP contribution in [0.1, 0.15) is 19.8 Å². The van der Waals surface area contributed by atoms with E-state index in [0.717, 1.165) is 6.54 Å². The van der Waals surface area contributed by atoms with Gasteiger partial charge in [-0.25, -0.2) is 9.13 Å². The van der Waals surface area contributed by atoms with Gasteiger partial charge in [-0.05, 0) is 6.42 Å². The minimum Gasteiger partial charge on any atom is -0.418 e. The maximum atomic E-state index is 9.75. The van der Waals surface area contributed by atoms with E-state index >= 15 is 0 Å². The third-order valence-corrected chi connectivity index (χ3v) is 1.59. The van der Waals surface area contributed by atoms with Crippen molar-refractivity contribution in [2.24, 2.45) is 7.05 Å². The average Bonchev–Trinajstić information content (AvgIpc) is 2.57. The first-order valence-corrected chi connectivity index (χ1v) is 5.26. The van der Waals surface area contributed by atoms with E-state index in [9.17, 15) is 17.3 Å². The molecule has 1 heterocycles. The van der Waals surface area contributed by atoms with Crippen molar-refractivity contribution in [1.82, 2.24) is 4.57 Å². The number of hydrogen-bond donors (Lipinski definition) is 0. The quantitative estimate of drug-likeness (QED) is 0.275. The average molecular weight is 353 g/mol. The van der Waals surface area contributed by atoms with Crippen LogP contribution in [0.4, 0.5) is 17.3 Å². The van der Waals surface area contributed by atoms with Crippen LogP contribution in [0.5, 0.6) is 0 Å². The molecule has 0 amide bonds. The summed E-state index contributed by atoms with van der Waals surface area (Å²) < 4.78 is 43.3. The Bertz CT molecular complexity index is 355. The van der Waals surface area contributed by atoms with E-state index in [1.165, 1.54) is 12.8 Å². The van der Waals surface area contributed by atoms with Crippen molar-refractivity contribution < 1.29 is 46.4 Å². The number of unbranched alkanes of at least 4 members (excludes halogenated alkanes) is 1. The van der Waals surface area contributed by atoms with Gasteiger partial charge in [-0.1, -0.05) is 13.3 Å². The van der Waals surface area contributed by atoms with Gasteiger partial charge in [0.25, 0.3) is 0 Å². The summed E-state index contributed by atoms with van der Waals surface area (Å²) in [7, 11) is -3.96. The first kappa shape index (κ1) is 23.9. The minimum atomic E-state index is -6.00. The van der Waals surface area contributed by atoms with Crippen LogP contribution < -0.4 is 4.57 Å². The summed E-state index contributed by atoms with van der Waals surface area (Å²) in [6.07, 6.45) is 8.82. The van der Waals surface area contributed by atoms with Gasteiger partial charge in [0.2, 0.25) is 6.33 Å². The van der Waals surface area contributed by atoms with Crippen LogP contribution in [0.2, 0.25) is 0 Å². The Morgan fingerprint density at radius 2 is 1.70 bits per heavy atom. The van der Waals surface area contributed by atoms with Gasteiger partial charge in [0, 0.05) is 0 Å². The number of aryl methyl sites for hydroxylation is 2. The molecule has 0 bridgehead atoms. The molecule has 0 aromatic carbocycles. The third-order valence-electron chi connectivity index (χ3n) is 1.59. The summed E-state index contributed by atoms with van der Waals surface area (Å²) >= 11 is 0. The van der Waals surface area contributed by atoms with E-state index in [1.807, 2.05) is 7.05 Å². The van der Waals surface area contributed by atoms with Gasteiger partial charge in [0.05, 0.1) is 18.7 Å². The summed E-state index contributed by atoms with van der Waals surface area (Å²) in [5, 5.41) is 14.8. The second-order valence-corrected chi connectivity index (χ2v) is 3.39. The second-order valence-electron chi connectivity index (χ2n) is 3.39. The van der Waals surface area contributed by atoms with Crippen molar-refractivity contribution in [3.05, 3.63) is 34.0 Å². The molecule has 0 aliphatic carbocycles. The van der Waals surface area contributed by atoms with Crippen molar-refractivity contribution in [3.8, 4) is 0 Å². The van der Waals surface area contributed by atoms with Crippen LogP contribution in [-0.2, 0) is 33.1 Å². The van der Waals surface area contributed by atoms with Crippen molar-refractivity contribution in [2.75, 3.05) is 0 Å². The smallest absolute Gasteiger partial charge is 0.418 e. The van der Waals surface area contributed by atoms with E-state index < -0.39 is 12.3 Å². The van der Waals surface area contributed by atoms with Gasteiger partial charge < -0.3 is 32.6 Å². The van der Waals surface area contributed by atoms with E-state index in [-0.39, 0.29) is 19.5 Å². The van der Waals surface area contributed by atoms with Crippen LogP contribution in [0.25, 0.3) is 0 Å². The monoisotopic (exact) mass is 352 g/mol. The zero-order valence-corrected chi connectivity index (χ0v) is 14.2. The fourth-order valence-corrected chi connectivity index (χ4v) is 0.975. The van der Waals surface area contributed by atoms with Crippen LogP contribution in [0.3, 0.4) is 0 Å². The van der Waals surface area contributed by atoms with Gasteiger partial charge >= 0.3 is 26.7 Å². The van der Waals surface area contributed by atoms with Gasteiger partial charge in [0.1, 0.15) is 12.4 Å². The molecule has 12 heteroatoms. The molecule has 0 saturated heterocycles. The molecule has 20 heavy (non-hydrogen) atoms. The maximum Gasteiger partial charge on any atom is 1.00 e. The molecule has 0 aliphatic heterocycles. The predicted molar refractivity (Wildman–Crippen MR) is 61.1 cm³/mol. The zero-order valence-electron chi connectivity index (χ0n) is 11.2. The zero-order chi connectivity index (χ0) is 15.5. The van der Waals surface area contributed by atoms with Gasteiger partial charge in [-0.15, -0.1) is 0 Å². The van der Waals surface area contributed by atoms with Crippen molar-refractivity contribution >= 4 is 7.25 Å². The Morgan fingerprint density at radius 1 is 1.30 bits per heavy atom. The summed E-state index contributed by atoms with van der Waals surface area (Å²) in [6, 6.07) is 0. The van der Waals surface area contributed by atoms with Gasteiger partial charge in [-0.3, -0.25) is 0 Å². The second kappa shape index (κ2) is 12.8. The number of rotatable bonds is 3. The van der Waals surface area contributed by atoms with Crippen molar-refractivity contribution in [3.63, 3.8) is 0 Å². The number of hydrogen-bond acceptors (Lipinski definition) is 3. The van der Waals surface area contributed by atoms with Gasteiger partial charge in [-0.2, -0.15) is 0 Å². The Kier molecular flexibility index (Phi) is 15.3. The van der Waals surface area contributed by atoms with E-state index in [0.29, 0.717) is 0 Å². The first-order chi connectivity index (χ1) is 8.56. The number of nitrogens with zero attached hydrogens (tertiary/aromatic N) is 3. The molecule has 1 radical (unpaired) electrons. The molecule has 0 saturated carbocycles. The number of halogens is 4. The number of imidazole rings is 1. The van der Waals surface area contributed by atoms with Gasteiger partial charge in [0.15, 0.2) is 0 Å². The summed E-state index contributed by atoms with van der Waals surface area (Å²) in [4.78, 5) is 8.25. The molecule has 0 aliphatic rings. The Hall–Kier alpha value is -1.18. The summed E-state index contributed by atoms with van der Waals surface area (Å²) in [6.45, 7) is 3.36. The molecule has 0 unspecified atom stereocenters. The molecule has 1 aromatic rings. The minimum absolute atomic E-state index is 0. The molecule has 6 nitrogen and oxygen atoms in total. The molecule has 0 atom stereocenters. The van der Waals surface area contributed by atoms with Crippen LogP contribution in [-0.4, -0.2) is 16.9 Å². The van der Waals surface area contributed by atoms with E-state index in [2.05, 4.69) is 34.8 Å². The fraction of sp³-hybridized carbons (Fsp3) is 0.625. The normalized spacial score (nSPS) is 9.30. The summed E-state index contributed by atoms with van der Waals surface area (Å²) in [5.41, 5.74) is 0. The molecular weight excluding hydrogens is 338 g/mol. The predicted octanol–water partition coefficient (Wildman–Crippen LogP) is 2.17. The first-order valence-electron chi connectivity index (χ1n) is 5.26. The molecule has 1 rings (SSSR count). The molecular formula is C8H15BF4N3O3Zn. The molecule has 113 valence electrons. The van der Waals surface area contributed by atoms with E-state index in [1.54, 1.807) is 0 Å². The van der Waals surface area contributed by atoms with Crippen LogP contribution in [0.15, 0.2) is 18.7 Å². The Labute approximate surface area is 126 Å². The molecule has 0 fully saturated rings. The molecule has 1 aromatic heterocycles. The van der Waals surface area contributed by atoms with E-state index in [4.69, 9.17) is 15.3 Å². The van der Waals surface area contributed by atoms with Crippen LogP contribution in [0, 0.1) is 15.3 Å². The topological polar surface area (TPSA) is 75.0 Å². The van der Waals surface area contributed by atoms with Crippen molar-refractivity contribution in [2.45, 2.75) is 26.3 Å². The standard InChI is InChI=1S/C8H15N2.BF4.NO3.Zn/c1-3-4-5-10-7-6-9(2)8-10;2-1(3,4)5;2-1(3)4;/h6-8H,3-5H2,1-2H3;;;/q+1;2*-1;+1. The SMILES string of the molecule is CCCC[n+]1ccn(C)c1.F[B-](F)(F)F.O=[N+]([O-])[O-].[Zn+]. The Morgan fingerprint density at radius 3 is 1.95 bits per heavy atom. The largest absolute Gasteiger partial charge is 1.00 e. The summed E-state index contributed by atoms with van der Waals surface area (Å²) in [5.74, 6) is 0. The van der Waals surface area contributed by atoms with Crippen molar-refractivity contribution in [1.29, 1.82) is 0 Å². The molecule has 0 spiro atoms.